The molecule has 0 bridgehead atoms. The first-order valence-corrected chi connectivity index (χ1v) is 8.62. The Kier molecular flexibility index (Phi) is 6.19. The Balaban J connectivity index is 2.03. The molecule has 0 aliphatic rings. The minimum Gasteiger partial charge on any atom is -0.487 e. The predicted molar refractivity (Wildman–Crippen MR) is 92.4 cm³/mol. The summed E-state index contributed by atoms with van der Waals surface area (Å²) < 4.78 is 6.05. The molecule has 1 atom stereocenters. The van der Waals surface area contributed by atoms with Crippen LogP contribution < -0.4 is 10.6 Å². The smallest absolute Gasteiger partial charge is 0.328 e. The zero-order valence-corrected chi connectivity index (χ0v) is 14.4. The topological polar surface area (TPSA) is 61.5 Å². The van der Waals surface area contributed by atoms with Crippen LogP contribution in [0, 0.1) is 0 Å². The van der Waals surface area contributed by atoms with Crippen molar-refractivity contribution in [2.45, 2.75) is 45.1 Å². The molecular weight excluding hydrogens is 310 g/mol. The molecule has 0 spiro atoms. The van der Waals surface area contributed by atoms with Gasteiger partial charge in [-0.25, -0.2) is 0 Å². The summed E-state index contributed by atoms with van der Waals surface area (Å²) in [4.78, 5) is 17.1. The van der Waals surface area contributed by atoms with Crippen molar-refractivity contribution in [3.63, 3.8) is 0 Å². The molecule has 0 aliphatic carbocycles. The standard InChI is InChI=1S/C18H23NO3S/c1-3-10-18(2,13-17(20)22-19)21-15-8-6-14(7-9-15)12-16-5-4-11-23-16/h4-9,11H,3,10,12-13,19H2,1-2H3. The summed E-state index contributed by atoms with van der Waals surface area (Å²) in [6.07, 6.45) is 2.71. The number of hydrogen-bond donors (Lipinski definition) is 1. The average Bonchev–Trinajstić information content (AvgIpc) is 3.02. The number of thiophene rings is 1. The zero-order chi connectivity index (χ0) is 16.7. The van der Waals surface area contributed by atoms with Gasteiger partial charge < -0.3 is 9.57 Å². The number of nitrogens with two attached hydrogens (primary N) is 1. The fourth-order valence-electron chi connectivity index (χ4n) is 2.63. The van der Waals surface area contributed by atoms with Crippen LogP contribution in [0.5, 0.6) is 5.75 Å². The summed E-state index contributed by atoms with van der Waals surface area (Å²) in [5.41, 5.74) is 0.624. The van der Waals surface area contributed by atoms with Crippen molar-refractivity contribution < 1.29 is 14.4 Å². The molecule has 2 N–H and O–H groups in total. The molecule has 124 valence electrons. The van der Waals surface area contributed by atoms with Crippen LogP contribution >= 0.6 is 11.3 Å². The maximum Gasteiger partial charge on any atom is 0.328 e. The van der Waals surface area contributed by atoms with Gasteiger partial charge in [-0.2, -0.15) is 5.90 Å². The molecule has 0 radical (unpaired) electrons. The van der Waals surface area contributed by atoms with E-state index in [2.05, 4.69) is 41.4 Å². The summed E-state index contributed by atoms with van der Waals surface area (Å²) in [5.74, 6) is 5.24. The molecular formula is C18H23NO3S. The molecule has 0 amide bonds. The van der Waals surface area contributed by atoms with E-state index >= 15 is 0 Å². The summed E-state index contributed by atoms with van der Waals surface area (Å²) in [6, 6.07) is 12.2. The second-order valence-corrected chi connectivity index (χ2v) is 6.90. The number of carbonyl (C=O) groups excluding carboxylic acids is 1. The second-order valence-electron chi connectivity index (χ2n) is 5.87. The minimum atomic E-state index is -0.611. The Morgan fingerprint density at radius 2 is 2.00 bits per heavy atom. The van der Waals surface area contributed by atoms with Crippen molar-refractivity contribution in [1.29, 1.82) is 0 Å². The monoisotopic (exact) mass is 333 g/mol. The van der Waals surface area contributed by atoms with Crippen molar-refractivity contribution in [2.24, 2.45) is 5.90 Å². The van der Waals surface area contributed by atoms with Gasteiger partial charge in [-0.1, -0.05) is 31.5 Å². The molecule has 0 saturated carbocycles. The molecule has 1 unspecified atom stereocenters. The summed E-state index contributed by atoms with van der Waals surface area (Å²) in [7, 11) is 0. The first-order chi connectivity index (χ1) is 11.0. The summed E-state index contributed by atoms with van der Waals surface area (Å²) in [6.45, 7) is 3.96. The third-order valence-corrected chi connectivity index (χ3v) is 4.55. The molecule has 0 aliphatic heterocycles. The van der Waals surface area contributed by atoms with Crippen molar-refractivity contribution >= 4 is 17.3 Å². The van der Waals surface area contributed by atoms with Crippen molar-refractivity contribution in [3.05, 3.63) is 52.2 Å². The SMILES string of the molecule is CCCC(C)(CC(=O)ON)Oc1ccc(Cc2cccs2)cc1. The quantitative estimate of drug-likeness (QED) is 0.739. The minimum absolute atomic E-state index is 0.133. The Morgan fingerprint density at radius 1 is 1.26 bits per heavy atom. The zero-order valence-electron chi connectivity index (χ0n) is 13.6. The van der Waals surface area contributed by atoms with Gasteiger partial charge in [0.2, 0.25) is 0 Å². The van der Waals surface area contributed by atoms with Gasteiger partial charge in [-0.05, 0) is 42.5 Å². The van der Waals surface area contributed by atoms with Crippen LogP contribution in [0.3, 0.4) is 0 Å². The molecule has 2 aromatic rings. The number of carbonyl (C=O) groups is 1. The number of benzene rings is 1. The molecule has 23 heavy (non-hydrogen) atoms. The lowest BCUT2D eigenvalue weighted by Crippen LogP contribution is -2.36. The molecule has 0 fully saturated rings. The van der Waals surface area contributed by atoms with E-state index in [0.717, 1.165) is 25.0 Å². The van der Waals surface area contributed by atoms with Gasteiger partial charge >= 0.3 is 5.97 Å². The van der Waals surface area contributed by atoms with E-state index < -0.39 is 11.6 Å². The van der Waals surface area contributed by atoms with Gasteiger partial charge in [-0.3, -0.25) is 4.79 Å². The van der Waals surface area contributed by atoms with Crippen LogP contribution in [-0.2, 0) is 16.1 Å². The number of ether oxygens (including phenoxy) is 1. The fourth-order valence-corrected chi connectivity index (χ4v) is 3.36. The average molecular weight is 333 g/mol. The number of rotatable bonds is 8. The lowest BCUT2D eigenvalue weighted by atomic mass is 9.96. The Bertz CT molecular complexity index is 610. The molecule has 1 heterocycles. The van der Waals surface area contributed by atoms with Gasteiger partial charge in [-0.15, -0.1) is 11.3 Å². The van der Waals surface area contributed by atoms with Crippen LogP contribution in [0.2, 0.25) is 0 Å². The van der Waals surface area contributed by atoms with Crippen LogP contribution in [0.4, 0.5) is 0 Å². The maximum atomic E-state index is 11.5. The highest BCUT2D eigenvalue weighted by molar-refractivity contribution is 7.09. The molecule has 2 rings (SSSR count). The Hall–Kier alpha value is -1.85. The van der Waals surface area contributed by atoms with Gasteiger partial charge in [0.1, 0.15) is 11.4 Å². The second kappa shape index (κ2) is 8.13. The van der Waals surface area contributed by atoms with Gasteiger partial charge in [0, 0.05) is 11.3 Å². The van der Waals surface area contributed by atoms with E-state index in [9.17, 15) is 4.79 Å². The molecule has 5 heteroatoms. The van der Waals surface area contributed by atoms with E-state index in [4.69, 9.17) is 10.6 Å². The lowest BCUT2D eigenvalue weighted by molar-refractivity contribution is -0.148. The van der Waals surface area contributed by atoms with E-state index in [1.807, 2.05) is 19.1 Å². The van der Waals surface area contributed by atoms with Gasteiger partial charge in [0.25, 0.3) is 0 Å². The predicted octanol–water partition coefficient (Wildman–Crippen LogP) is 4.08. The summed E-state index contributed by atoms with van der Waals surface area (Å²) >= 11 is 1.75. The largest absolute Gasteiger partial charge is 0.487 e. The lowest BCUT2D eigenvalue weighted by Gasteiger charge is -2.29. The molecule has 1 aromatic carbocycles. The third-order valence-electron chi connectivity index (χ3n) is 3.67. The highest BCUT2D eigenvalue weighted by atomic mass is 32.1. The van der Waals surface area contributed by atoms with Crippen LogP contribution in [0.25, 0.3) is 0 Å². The van der Waals surface area contributed by atoms with E-state index in [0.29, 0.717) is 0 Å². The number of hydrogen-bond acceptors (Lipinski definition) is 5. The Labute approximate surface area is 141 Å². The van der Waals surface area contributed by atoms with Crippen LogP contribution in [0.15, 0.2) is 41.8 Å². The van der Waals surface area contributed by atoms with Gasteiger partial charge in [0.05, 0.1) is 6.42 Å². The van der Waals surface area contributed by atoms with Crippen LogP contribution in [-0.4, -0.2) is 11.6 Å². The first kappa shape index (κ1) is 17.5. The maximum absolute atomic E-state index is 11.5. The van der Waals surface area contributed by atoms with E-state index in [1.54, 1.807) is 11.3 Å². The normalized spacial score (nSPS) is 13.3. The van der Waals surface area contributed by atoms with Crippen molar-refractivity contribution in [2.75, 3.05) is 0 Å². The highest BCUT2D eigenvalue weighted by Gasteiger charge is 2.29. The van der Waals surface area contributed by atoms with Crippen molar-refractivity contribution in [3.8, 4) is 5.75 Å². The molecule has 4 nitrogen and oxygen atoms in total. The summed E-state index contributed by atoms with van der Waals surface area (Å²) in [5, 5.41) is 2.08. The highest BCUT2D eigenvalue weighted by Crippen LogP contribution is 2.27. The van der Waals surface area contributed by atoms with E-state index in [-0.39, 0.29) is 6.42 Å². The van der Waals surface area contributed by atoms with Crippen molar-refractivity contribution in [1.82, 2.24) is 0 Å². The molecule has 1 aromatic heterocycles. The Morgan fingerprint density at radius 3 is 2.57 bits per heavy atom. The van der Waals surface area contributed by atoms with E-state index in [1.165, 1.54) is 10.4 Å². The van der Waals surface area contributed by atoms with Gasteiger partial charge in [0.15, 0.2) is 0 Å². The van der Waals surface area contributed by atoms with Crippen LogP contribution in [0.1, 0.15) is 43.6 Å². The third kappa shape index (κ3) is 5.37. The molecule has 0 saturated heterocycles. The first-order valence-electron chi connectivity index (χ1n) is 7.74. The fraction of sp³-hybridized carbons (Fsp3) is 0.389.